The van der Waals surface area contributed by atoms with Crippen LogP contribution in [-0.4, -0.2) is 17.6 Å². The number of esters is 1. The number of aromatic nitrogens is 1. The number of methoxy groups -OCH3 is 1. The third-order valence-corrected chi connectivity index (χ3v) is 4.83. The Morgan fingerprint density at radius 3 is 2.19 bits per heavy atom. The summed E-state index contributed by atoms with van der Waals surface area (Å²) in [6, 6.07) is 18.2. The van der Waals surface area contributed by atoms with Gasteiger partial charge in [-0.25, -0.2) is 4.79 Å². The zero-order valence-corrected chi connectivity index (χ0v) is 16.4. The van der Waals surface area contributed by atoms with Gasteiger partial charge in [0, 0.05) is 11.9 Å². The quantitative estimate of drug-likeness (QED) is 0.495. The van der Waals surface area contributed by atoms with Gasteiger partial charge >= 0.3 is 5.97 Å². The first-order valence-corrected chi connectivity index (χ1v) is 9.66. The molecule has 27 heavy (non-hydrogen) atoms. The van der Waals surface area contributed by atoms with Gasteiger partial charge in [-0.1, -0.05) is 57.0 Å². The molecule has 140 valence electrons. The number of rotatable bonds is 7. The number of hydrogen-bond donors (Lipinski definition) is 0. The molecule has 0 bridgehead atoms. The van der Waals surface area contributed by atoms with Crippen molar-refractivity contribution in [3.63, 3.8) is 0 Å². The van der Waals surface area contributed by atoms with Crippen LogP contribution in [0.25, 0.3) is 16.9 Å². The summed E-state index contributed by atoms with van der Waals surface area (Å²) in [4.78, 5) is 11.8. The molecule has 3 nitrogen and oxygen atoms in total. The van der Waals surface area contributed by atoms with Gasteiger partial charge in [-0.05, 0) is 53.8 Å². The van der Waals surface area contributed by atoms with Gasteiger partial charge < -0.3 is 9.30 Å². The Morgan fingerprint density at radius 1 is 0.926 bits per heavy atom. The summed E-state index contributed by atoms with van der Waals surface area (Å²) in [5.41, 5.74) is 6.90. The highest BCUT2D eigenvalue weighted by atomic mass is 16.5. The molecule has 0 spiro atoms. The molecule has 0 N–H and O–H groups in total. The molecule has 1 aromatic heterocycles. The largest absolute Gasteiger partial charge is 0.465 e. The SMILES string of the molecule is CCCc1cn(-c2ccccc2)c(-c2ccc(C(=O)OC)cc2)c1CCC. The van der Waals surface area contributed by atoms with E-state index in [0.29, 0.717) is 5.56 Å². The monoisotopic (exact) mass is 361 g/mol. The van der Waals surface area contributed by atoms with E-state index in [4.69, 9.17) is 4.74 Å². The maximum Gasteiger partial charge on any atom is 0.337 e. The van der Waals surface area contributed by atoms with Gasteiger partial charge in [0.1, 0.15) is 0 Å². The van der Waals surface area contributed by atoms with E-state index >= 15 is 0 Å². The molecule has 0 amide bonds. The Balaban J connectivity index is 2.17. The zero-order chi connectivity index (χ0) is 19.2. The van der Waals surface area contributed by atoms with E-state index in [2.05, 4.69) is 48.9 Å². The Kier molecular flexibility index (Phi) is 6.12. The van der Waals surface area contributed by atoms with Crippen molar-refractivity contribution in [2.45, 2.75) is 39.5 Å². The van der Waals surface area contributed by atoms with Gasteiger partial charge in [-0.2, -0.15) is 0 Å². The fourth-order valence-electron chi connectivity index (χ4n) is 3.60. The van der Waals surface area contributed by atoms with E-state index < -0.39 is 0 Å². The first kappa shape index (κ1) is 19.0. The number of carbonyl (C=O) groups excluding carboxylic acids is 1. The van der Waals surface area contributed by atoms with Crippen LogP contribution in [0, 0.1) is 0 Å². The lowest BCUT2D eigenvalue weighted by Gasteiger charge is -2.13. The average molecular weight is 361 g/mol. The highest BCUT2D eigenvalue weighted by Gasteiger charge is 2.18. The fraction of sp³-hybridized carbons (Fsp3) is 0.292. The van der Waals surface area contributed by atoms with Gasteiger partial charge in [0.05, 0.1) is 18.4 Å². The van der Waals surface area contributed by atoms with Crippen molar-refractivity contribution < 1.29 is 9.53 Å². The fourth-order valence-corrected chi connectivity index (χ4v) is 3.60. The molecule has 2 aromatic carbocycles. The maximum atomic E-state index is 11.8. The predicted molar refractivity (Wildman–Crippen MR) is 111 cm³/mol. The van der Waals surface area contributed by atoms with Crippen LogP contribution in [0.1, 0.15) is 48.2 Å². The summed E-state index contributed by atoms with van der Waals surface area (Å²) in [5.74, 6) is -0.305. The van der Waals surface area contributed by atoms with Crippen molar-refractivity contribution in [3.05, 3.63) is 77.5 Å². The van der Waals surface area contributed by atoms with E-state index in [0.717, 1.165) is 36.9 Å². The standard InChI is InChI=1S/C24H27NO2/c1-4-9-20-17-25(21-11-7-6-8-12-21)23(22(20)10-5-2)18-13-15-19(16-14-18)24(26)27-3/h6-8,11-17H,4-5,9-10H2,1-3H3. The molecule has 0 radical (unpaired) electrons. The Hall–Kier alpha value is -2.81. The molecule has 3 rings (SSSR count). The summed E-state index contributed by atoms with van der Waals surface area (Å²) in [6.45, 7) is 4.44. The highest BCUT2D eigenvalue weighted by Crippen LogP contribution is 2.33. The summed E-state index contributed by atoms with van der Waals surface area (Å²) < 4.78 is 7.12. The molecular weight excluding hydrogens is 334 g/mol. The molecule has 3 aromatic rings. The van der Waals surface area contributed by atoms with Crippen LogP contribution in [0.3, 0.4) is 0 Å². The van der Waals surface area contributed by atoms with Crippen LogP contribution in [0.5, 0.6) is 0 Å². The zero-order valence-electron chi connectivity index (χ0n) is 16.4. The molecule has 0 atom stereocenters. The molecule has 0 unspecified atom stereocenters. The van der Waals surface area contributed by atoms with Crippen molar-refractivity contribution in [1.29, 1.82) is 0 Å². The second-order valence-electron chi connectivity index (χ2n) is 6.76. The highest BCUT2D eigenvalue weighted by molar-refractivity contribution is 5.90. The molecule has 0 saturated carbocycles. The molecule has 0 aliphatic carbocycles. The second kappa shape index (κ2) is 8.72. The van der Waals surface area contributed by atoms with Crippen molar-refractivity contribution in [3.8, 4) is 16.9 Å². The van der Waals surface area contributed by atoms with Gasteiger partial charge in [0.15, 0.2) is 0 Å². The van der Waals surface area contributed by atoms with Crippen LogP contribution in [0.4, 0.5) is 0 Å². The van der Waals surface area contributed by atoms with E-state index in [9.17, 15) is 4.79 Å². The molecule has 1 heterocycles. The van der Waals surface area contributed by atoms with Crippen molar-refractivity contribution in [2.24, 2.45) is 0 Å². The number of para-hydroxylation sites is 1. The molecular formula is C24H27NO2. The smallest absolute Gasteiger partial charge is 0.337 e. The van der Waals surface area contributed by atoms with Crippen molar-refractivity contribution in [2.75, 3.05) is 7.11 Å². The van der Waals surface area contributed by atoms with Crippen molar-refractivity contribution in [1.82, 2.24) is 4.57 Å². The van der Waals surface area contributed by atoms with Gasteiger partial charge in [-0.3, -0.25) is 0 Å². The topological polar surface area (TPSA) is 31.2 Å². The van der Waals surface area contributed by atoms with E-state index in [1.807, 2.05) is 30.3 Å². The molecule has 0 saturated heterocycles. The summed E-state index contributed by atoms with van der Waals surface area (Å²) in [5, 5.41) is 0. The number of benzene rings is 2. The third kappa shape index (κ3) is 3.97. The number of ether oxygens (including phenoxy) is 1. The van der Waals surface area contributed by atoms with Crippen LogP contribution >= 0.6 is 0 Å². The molecule has 3 heteroatoms. The second-order valence-corrected chi connectivity index (χ2v) is 6.76. The van der Waals surface area contributed by atoms with Crippen LogP contribution in [0.2, 0.25) is 0 Å². The first-order chi connectivity index (χ1) is 13.2. The Morgan fingerprint density at radius 2 is 1.59 bits per heavy atom. The number of nitrogens with zero attached hydrogens (tertiary/aromatic N) is 1. The molecule has 0 fully saturated rings. The van der Waals surface area contributed by atoms with E-state index in [1.54, 1.807) is 0 Å². The number of aryl methyl sites for hydroxylation is 1. The van der Waals surface area contributed by atoms with Crippen LogP contribution < -0.4 is 0 Å². The molecule has 0 aliphatic heterocycles. The lowest BCUT2D eigenvalue weighted by Crippen LogP contribution is -2.01. The number of hydrogen-bond acceptors (Lipinski definition) is 2. The molecule has 0 aliphatic rings. The number of carbonyl (C=O) groups is 1. The average Bonchev–Trinajstić information content (AvgIpc) is 3.07. The van der Waals surface area contributed by atoms with E-state index in [-0.39, 0.29) is 5.97 Å². The van der Waals surface area contributed by atoms with Crippen molar-refractivity contribution >= 4 is 5.97 Å². The third-order valence-electron chi connectivity index (χ3n) is 4.83. The predicted octanol–water partition coefficient (Wildman–Crippen LogP) is 5.84. The summed E-state index contributed by atoms with van der Waals surface area (Å²) in [7, 11) is 1.41. The Bertz CT molecular complexity index is 892. The first-order valence-electron chi connectivity index (χ1n) is 9.66. The minimum atomic E-state index is -0.305. The maximum absolute atomic E-state index is 11.8. The van der Waals surface area contributed by atoms with Gasteiger partial charge in [-0.15, -0.1) is 0 Å². The van der Waals surface area contributed by atoms with Crippen LogP contribution in [-0.2, 0) is 17.6 Å². The lowest BCUT2D eigenvalue weighted by atomic mass is 9.98. The van der Waals surface area contributed by atoms with Gasteiger partial charge in [0.25, 0.3) is 0 Å². The van der Waals surface area contributed by atoms with E-state index in [1.165, 1.54) is 23.9 Å². The Labute approximate surface area is 161 Å². The van der Waals surface area contributed by atoms with Crippen LogP contribution in [0.15, 0.2) is 60.8 Å². The summed E-state index contributed by atoms with van der Waals surface area (Å²) >= 11 is 0. The lowest BCUT2D eigenvalue weighted by molar-refractivity contribution is 0.0601. The minimum absolute atomic E-state index is 0.305. The van der Waals surface area contributed by atoms with Gasteiger partial charge in [0.2, 0.25) is 0 Å². The normalized spacial score (nSPS) is 10.8. The summed E-state index contributed by atoms with van der Waals surface area (Å²) in [6.07, 6.45) is 6.62. The minimum Gasteiger partial charge on any atom is -0.465 e.